The van der Waals surface area contributed by atoms with Crippen molar-refractivity contribution in [3.63, 3.8) is 0 Å². The van der Waals surface area contributed by atoms with Crippen LogP contribution in [0.15, 0.2) is 48.8 Å². The van der Waals surface area contributed by atoms with Gasteiger partial charge in [-0.05, 0) is 29.3 Å². The number of amides is 1. The van der Waals surface area contributed by atoms with Crippen LogP contribution in [-0.4, -0.2) is 21.5 Å². The molecule has 0 saturated carbocycles. The van der Waals surface area contributed by atoms with Crippen LogP contribution in [0.4, 0.5) is 0 Å². The molecule has 1 aromatic carbocycles. The number of carbonyl (C=O) groups excluding carboxylic acids is 1. The summed E-state index contributed by atoms with van der Waals surface area (Å²) in [5.41, 5.74) is 2.16. The number of thioether (sulfide) groups is 1. The summed E-state index contributed by atoms with van der Waals surface area (Å²) in [6.45, 7) is 0.590. The zero-order valence-electron chi connectivity index (χ0n) is 11.4. The van der Waals surface area contributed by atoms with Gasteiger partial charge in [0.15, 0.2) is 0 Å². The Hall–Kier alpha value is -1.52. The number of hydrogen-bond donors (Lipinski definition) is 0. The van der Waals surface area contributed by atoms with Crippen LogP contribution in [0.25, 0.3) is 0 Å². The first-order chi connectivity index (χ1) is 10.2. The maximum Gasteiger partial charge on any atom is 0.224 e. The van der Waals surface area contributed by atoms with Crippen LogP contribution in [0.5, 0.6) is 0 Å². The Morgan fingerprint density at radius 1 is 1.29 bits per heavy atom. The van der Waals surface area contributed by atoms with Gasteiger partial charge in [0.05, 0.1) is 0 Å². The summed E-state index contributed by atoms with van der Waals surface area (Å²) >= 11 is 7.74. The lowest BCUT2D eigenvalue weighted by Gasteiger charge is -2.35. The molecule has 1 fully saturated rings. The van der Waals surface area contributed by atoms with Crippen LogP contribution in [0.2, 0.25) is 5.02 Å². The number of benzene rings is 1. The zero-order valence-corrected chi connectivity index (χ0v) is 13.0. The average molecular weight is 319 g/mol. The fourth-order valence-corrected chi connectivity index (χ4v) is 3.75. The third kappa shape index (κ3) is 3.39. The van der Waals surface area contributed by atoms with Gasteiger partial charge in [-0.2, -0.15) is 0 Å². The lowest BCUT2D eigenvalue weighted by atomic mass is 10.1. The molecule has 1 aliphatic rings. The minimum atomic E-state index is 0.0451. The van der Waals surface area contributed by atoms with Gasteiger partial charge in [-0.1, -0.05) is 29.8 Å². The van der Waals surface area contributed by atoms with Gasteiger partial charge in [0, 0.05) is 36.1 Å². The molecule has 1 atom stereocenters. The van der Waals surface area contributed by atoms with Crippen LogP contribution in [0.3, 0.4) is 0 Å². The lowest BCUT2D eigenvalue weighted by Crippen LogP contribution is -2.36. The SMILES string of the molecule is O=C1CCSC(c2ccc(Cl)cc2)N1Cc1cccnc1. The van der Waals surface area contributed by atoms with Crippen molar-refractivity contribution in [3.05, 3.63) is 64.9 Å². The highest BCUT2D eigenvalue weighted by molar-refractivity contribution is 7.99. The number of pyridine rings is 1. The molecule has 0 bridgehead atoms. The maximum absolute atomic E-state index is 12.3. The number of nitrogens with zero attached hydrogens (tertiary/aromatic N) is 2. The van der Waals surface area contributed by atoms with E-state index in [9.17, 15) is 4.79 Å². The van der Waals surface area contributed by atoms with Gasteiger partial charge >= 0.3 is 0 Å². The summed E-state index contributed by atoms with van der Waals surface area (Å²) in [5, 5.41) is 0.758. The highest BCUT2D eigenvalue weighted by Crippen LogP contribution is 2.38. The fraction of sp³-hybridized carbons (Fsp3) is 0.250. The quantitative estimate of drug-likeness (QED) is 0.860. The largest absolute Gasteiger partial charge is 0.322 e. The molecule has 2 aromatic rings. The van der Waals surface area contributed by atoms with E-state index < -0.39 is 0 Å². The number of carbonyl (C=O) groups is 1. The van der Waals surface area contributed by atoms with Crippen molar-refractivity contribution >= 4 is 29.3 Å². The molecule has 21 heavy (non-hydrogen) atoms. The topological polar surface area (TPSA) is 33.2 Å². The molecule has 1 amide bonds. The number of halogens is 1. The van der Waals surface area contributed by atoms with Gasteiger partial charge in [-0.3, -0.25) is 9.78 Å². The highest BCUT2D eigenvalue weighted by Gasteiger charge is 2.29. The van der Waals surface area contributed by atoms with Gasteiger partial charge in [0.2, 0.25) is 5.91 Å². The van der Waals surface area contributed by atoms with Gasteiger partial charge in [-0.25, -0.2) is 0 Å². The molecule has 0 N–H and O–H groups in total. The van der Waals surface area contributed by atoms with E-state index in [-0.39, 0.29) is 11.3 Å². The molecule has 5 heteroatoms. The van der Waals surface area contributed by atoms with Crippen molar-refractivity contribution in [2.45, 2.75) is 18.3 Å². The summed E-state index contributed by atoms with van der Waals surface area (Å²) in [6, 6.07) is 11.6. The smallest absolute Gasteiger partial charge is 0.224 e. The molecule has 0 radical (unpaired) electrons. The van der Waals surface area contributed by atoms with Crippen molar-refractivity contribution in [1.29, 1.82) is 0 Å². The molecule has 108 valence electrons. The van der Waals surface area contributed by atoms with E-state index in [1.54, 1.807) is 18.0 Å². The van der Waals surface area contributed by atoms with Crippen LogP contribution in [0.1, 0.15) is 22.9 Å². The van der Waals surface area contributed by atoms with E-state index in [0.717, 1.165) is 16.9 Å². The molecule has 3 rings (SSSR count). The molecule has 2 heterocycles. The molecule has 1 unspecified atom stereocenters. The van der Waals surface area contributed by atoms with Crippen LogP contribution >= 0.6 is 23.4 Å². The maximum atomic E-state index is 12.3. The van der Waals surface area contributed by atoms with Crippen molar-refractivity contribution in [3.8, 4) is 0 Å². The fourth-order valence-electron chi connectivity index (χ4n) is 2.39. The summed E-state index contributed by atoms with van der Waals surface area (Å²) in [6.07, 6.45) is 4.15. The normalized spacial score (nSPS) is 18.8. The van der Waals surface area contributed by atoms with Crippen LogP contribution < -0.4 is 0 Å². The lowest BCUT2D eigenvalue weighted by molar-refractivity contribution is -0.132. The Labute approximate surface area is 133 Å². The van der Waals surface area contributed by atoms with Gasteiger partial charge < -0.3 is 4.90 Å². The van der Waals surface area contributed by atoms with E-state index in [0.29, 0.717) is 18.0 Å². The van der Waals surface area contributed by atoms with Crippen LogP contribution in [-0.2, 0) is 11.3 Å². The van der Waals surface area contributed by atoms with E-state index in [1.807, 2.05) is 47.5 Å². The van der Waals surface area contributed by atoms with Crippen molar-refractivity contribution < 1.29 is 4.79 Å². The van der Waals surface area contributed by atoms with E-state index >= 15 is 0 Å². The molecular formula is C16H15ClN2OS. The Balaban J connectivity index is 1.86. The van der Waals surface area contributed by atoms with Crippen molar-refractivity contribution in [2.75, 3.05) is 5.75 Å². The molecule has 1 aromatic heterocycles. The molecule has 1 saturated heterocycles. The second-order valence-corrected chi connectivity index (χ2v) is 6.53. The Morgan fingerprint density at radius 3 is 2.81 bits per heavy atom. The Kier molecular flexibility index (Phi) is 4.46. The molecule has 0 spiro atoms. The predicted molar refractivity (Wildman–Crippen MR) is 86.1 cm³/mol. The highest BCUT2D eigenvalue weighted by atomic mass is 35.5. The summed E-state index contributed by atoms with van der Waals surface area (Å²) in [4.78, 5) is 18.4. The van der Waals surface area contributed by atoms with Gasteiger partial charge in [0.25, 0.3) is 0 Å². The second-order valence-electron chi connectivity index (χ2n) is 4.91. The van der Waals surface area contributed by atoms with Crippen LogP contribution in [0, 0.1) is 0 Å². The number of aromatic nitrogens is 1. The first kappa shape index (κ1) is 14.4. The molecule has 3 nitrogen and oxygen atoms in total. The molecular weight excluding hydrogens is 304 g/mol. The Morgan fingerprint density at radius 2 is 2.10 bits per heavy atom. The third-order valence-electron chi connectivity index (χ3n) is 3.43. The summed E-state index contributed by atoms with van der Waals surface area (Å²) < 4.78 is 0. The van der Waals surface area contributed by atoms with E-state index in [1.165, 1.54) is 0 Å². The number of hydrogen-bond acceptors (Lipinski definition) is 3. The second kappa shape index (κ2) is 6.50. The number of rotatable bonds is 3. The molecule has 1 aliphatic heterocycles. The van der Waals surface area contributed by atoms with Crippen molar-refractivity contribution in [1.82, 2.24) is 9.88 Å². The van der Waals surface area contributed by atoms with E-state index in [2.05, 4.69) is 4.98 Å². The predicted octanol–water partition coefficient (Wildman–Crippen LogP) is 3.90. The first-order valence-electron chi connectivity index (χ1n) is 6.79. The first-order valence-corrected chi connectivity index (χ1v) is 8.22. The van der Waals surface area contributed by atoms with Crippen molar-refractivity contribution in [2.24, 2.45) is 0 Å². The molecule has 0 aliphatic carbocycles. The standard InChI is InChI=1S/C16H15ClN2OS/c17-14-5-3-13(4-6-14)16-19(15(20)7-9-21-16)11-12-2-1-8-18-10-12/h1-6,8,10,16H,7,9,11H2. The zero-order chi connectivity index (χ0) is 14.7. The average Bonchev–Trinajstić information content (AvgIpc) is 2.51. The van der Waals surface area contributed by atoms with Gasteiger partial charge in [-0.15, -0.1) is 11.8 Å². The van der Waals surface area contributed by atoms with Gasteiger partial charge in [0.1, 0.15) is 5.37 Å². The minimum Gasteiger partial charge on any atom is -0.322 e. The summed E-state index contributed by atoms with van der Waals surface area (Å²) in [5.74, 6) is 1.05. The monoisotopic (exact) mass is 318 g/mol. The minimum absolute atomic E-state index is 0.0451. The third-order valence-corrected chi connectivity index (χ3v) is 4.96. The van der Waals surface area contributed by atoms with E-state index in [4.69, 9.17) is 11.6 Å². The summed E-state index contributed by atoms with van der Waals surface area (Å²) in [7, 11) is 0. The Bertz CT molecular complexity index is 618.